The topological polar surface area (TPSA) is 39.8 Å². The zero-order chi connectivity index (χ0) is 16.1. The minimum atomic E-state index is -0.0258. The van der Waals surface area contributed by atoms with Crippen LogP contribution < -0.4 is 5.56 Å². The van der Waals surface area contributed by atoms with Crippen molar-refractivity contribution in [3.05, 3.63) is 71.5 Å². The summed E-state index contributed by atoms with van der Waals surface area (Å²) in [6, 6.07) is 1.67. The molecule has 0 spiro atoms. The molecule has 0 saturated carbocycles. The number of hydrogen-bond acceptors (Lipinski definition) is 2. The lowest BCUT2D eigenvalue weighted by Crippen LogP contribution is -2.16. The van der Waals surface area contributed by atoms with Crippen molar-refractivity contribution in [3.8, 4) is 11.1 Å². The standard InChI is InChI=1S/C18H21N3O/c1-5-7-8-9-14(3)16-10-18(22)20(4)13-17(16)15-11-19-21(6-2)12-15/h5,7-13H,1,6H2,2-4H3/b8-7-,14-9+. The van der Waals surface area contributed by atoms with Gasteiger partial charge in [-0.05, 0) is 25.0 Å². The van der Waals surface area contributed by atoms with Crippen molar-refractivity contribution >= 4 is 5.57 Å². The first kappa shape index (κ1) is 15.8. The molecule has 0 N–H and O–H groups in total. The molecule has 2 aromatic rings. The van der Waals surface area contributed by atoms with Gasteiger partial charge in [-0.15, -0.1) is 0 Å². The lowest BCUT2D eigenvalue weighted by molar-refractivity contribution is 0.660. The molecular formula is C18H21N3O. The smallest absolute Gasteiger partial charge is 0.250 e. The second-order valence-corrected chi connectivity index (χ2v) is 5.10. The van der Waals surface area contributed by atoms with Crippen molar-refractivity contribution in [2.45, 2.75) is 20.4 Å². The van der Waals surface area contributed by atoms with Crippen molar-refractivity contribution in [1.82, 2.24) is 14.3 Å². The molecule has 0 bridgehead atoms. The Kier molecular flexibility index (Phi) is 4.94. The summed E-state index contributed by atoms with van der Waals surface area (Å²) < 4.78 is 3.47. The predicted octanol–water partition coefficient (Wildman–Crippen LogP) is 3.41. The van der Waals surface area contributed by atoms with Gasteiger partial charge in [-0.2, -0.15) is 5.10 Å². The van der Waals surface area contributed by atoms with E-state index in [9.17, 15) is 4.79 Å². The van der Waals surface area contributed by atoms with Crippen molar-refractivity contribution in [2.75, 3.05) is 0 Å². The van der Waals surface area contributed by atoms with Crippen LogP contribution in [0.15, 0.2) is 60.3 Å². The SMILES string of the molecule is C=C/C=C\C=C(/C)c1cc(=O)n(C)cc1-c1cnn(CC)c1. The van der Waals surface area contributed by atoms with E-state index in [-0.39, 0.29) is 5.56 Å². The van der Waals surface area contributed by atoms with Crippen LogP contribution in [0.4, 0.5) is 0 Å². The van der Waals surface area contributed by atoms with Gasteiger partial charge in [0.1, 0.15) is 0 Å². The van der Waals surface area contributed by atoms with Crippen LogP contribution in [0.5, 0.6) is 0 Å². The third kappa shape index (κ3) is 3.34. The van der Waals surface area contributed by atoms with E-state index in [4.69, 9.17) is 0 Å². The van der Waals surface area contributed by atoms with Gasteiger partial charge in [0, 0.05) is 43.2 Å². The van der Waals surface area contributed by atoms with Crippen molar-refractivity contribution in [1.29, 1.82) is 0 Å². The van der Waals surface area contributed by atoms with Crippen LogP contribution >= 0.6 is 0 Å². The number of aromatic nitrogens is 3. The Morgan fingerprint density at radius 2 is 2.14 bits per heavy atom. The molecule has 4 heteroatoms. The molecule has 0 unspecified atom stereocenters. The van der Waals surface area contributed by atoms with E-state index >= 15 is 0 Å². The van der Waals surface area contributed by atoms with Gasteiger partial charge < -0.3 is 4.57 Å². The molecule has 0 fully saturated rings. The summed E-state index contributed by atoms with van der Waals surface area (Å²) in [5.74, 6) is 0. The maximum Gasteiger partial charge on any atom is 0.250 e. The molecule has 2 aromatic heterocycles. The Bertz CT molecular complexity index is 791. The van der Waals surface area contributed by atoms with Crippen molar-refractivity contribution in [3.63, 3.8) is 0 Å². The maximum absolute atomic E-state index is 12.0. The molecule has 0 aromatic carbocycles. The molecule has 0 radical (unpaired) electrons. The Morgan fingerprint density at radius 3 is 2.77 bits per heavy atom. The highest BCUT2D eigenvalue weighted by Gasteiger charge is 2.11. The number of aryl methyl sites for hydroxylation is 2. The van der Waals surface area contributed by atoms with Gasteiger partial charge >= 0.3 is 0 Å². The molecule has 114 valence electrons. The van der Waals surface area contributed by atoms with Crippen LogP contribution in [-0.4, -0.2) is 14.3 Å². The third-order valence-electron chi connectivity index (χ3n) is 3.51. The fraction of sp³-hybridized carbons (Fsp3) is 0.222. The number of rotatable bonds is 5. The molecular weight excluding hydrogens is 274 g/mol. The fourth-order valence-electron chi connectivity index (χ4n) is 2.23. The predicted molar refractivity (Wildman–Crippen MR) is 91.6 cm³/mol. The Balaban J connectivity index is 2.59. The highest BCUT2D eigenvalue weighted by molar-refractivity contribution is 5.80. The Hall–Kier alpha value is -2.62. The van der Waals surface area contributed by atoms with Gasteiger partial charge in [0.2, 0.25) is 0 Å². The lowest BCUT2D eigenvalue weighted by Gasteiger charge is -2.10. The van der Waals surface area contributed by atoms with Gasteiger partial charge in [-0.3, -0.25) is 9.48 Å². The second-order valence-electron chi connectivity index (χ2n) is 5.10. The molecule has 0 aliphatic carbocycles. The molecule has 4 nitrogen and oxygen atoms in total. The van der Waals surface area contributed by atoms with Crippen LogP contribution in [0.25, 0.3) is 16.7 Å². The van der Waals surface area contributed by atoms with Gasteiger partial charge in [0.15, 0.2) is 0 Å². The number of allylic oxidation sites excluding steroid dienone is 5. The van der Waals surface area contributed by atoms with E-state index in [1.54, 1.807) is 23.8 Å². The summed E-state index contributed by atoms with van der Waals surface area (Å²) in [5.41, 5.74) is 3.93. The molecule has 0 saturated heterocycles. The molecule has 0 aliphatic heterocycles. The summed E-state index contributed by atoms with van der Waals surface area (Å²) in [7, 11) is 1.76. The average Bonchev–Trinajstić information content (AvgIpc) is 2.98. The first-order valence-electron chi connectivity index (χ1n) is 7.26. The molecule has 0 amide bonds. The van der Waals surface area contributed by atoms with E-state index in [1.807, 2.05) is 55.3 Å². The molecule has 2 heterocycles. The quantitative estimate of drug-likeness (QED) is 0.793. The van der Waals surface area contributed by atoms with Crippen LogP contribution in [0.2, 0.25) is 0 Å². The van der Waals surface area contributed by atoms with E-state index in [0.717, 1.165) is 28.8 Å². The average molecular weight is 295 g/mol. The summed E-state index contributed by atoms with van der Waals surface area (Å²) in [5, 5.41) is 4.32. The largest absolute Gasteiger partial charge is 0.318 e. The van der Waals surface area contributed by atoms with Gasteiger partial charge in [-0.1, -0.05) is 30.9 Å². The Morgan fingerprint density at radius 1 is 1.36 bits per heavy atom. The van der Waals surface area contributed by atoms with E-state index < -0.39 is 0 Å². The molecule has 22 heavy (non-hydrogen) atoms. The number of hydrogen-bond donors (Lipinski definition) is 0. The number of pyridine rings is 1. The third-order valence-corrected chi connectivity index (χ3v) is 3.51. The highest BCUT2D eigenvalue weighted by Crippen LogP contribution is 2.27. The van der Waals surface area contributed by atoms with Gasteiger partial charge in [-0.25, -0.2) is 0 Å². The van der Waals surface area contributed by atoms with E-state index in [2.05, 4.69) is 11.7 Å². The minimum absolute atomic E-state index is 0.0258. The van der Waals surface area contributed by atoms with Crippen LogP contribution in [-0.2, 0) is 13.6 Å². The molecule has 0 atom stereocenters. The Labute approximate surface area is 130 Å². The minimum Gasteiger partial charge on any atom is -0.318 e. The first-order valence-corrected chi connectivity index (χ1v) is 7.26. The van der Waals surface area contributed by atoms with Gasteiger partial charge in [0.25, 0.3) is 5.56 Å². The van der Waals surface area contributed by atoms with E-state index in [0.29, 0.717) is 0 Å². The second kappa shape index (κ2) is 6.89. The van der Waals surface area contributed by atoms with Crippen molar-refractivity contribution in [2.24, 2.45) is 7.05 Å². The van der Waals surface area contributed by atoms with Crippen molar-refractivity contribution < 1.29 is 0 Å². The maximum atomic E-state index is 12.0. The zero-order valence-electron chi connectivity index (χ0n) is 13.3. The highest BCUT2D eigenvalue weighted by atomic mass is 16.1. The lowest BCUT2D eigenvalue weighted by atomic mass is 9.99. The van der Waals surface area contributed by atoms with Crippen LogP contribution in [0.1, 0.15) is 19.4 Å². The van der Waals surface area contributed by atoms with Gasteiger partial charge in [0.05, 0.1) is 6.20 Å². The molecule has 2 rings (SSSR count). The zero-order valence-corrected chi connectivity index (χ0v) is 13.3. The summed E-state index contributed by atoms with van der Waals surface area (Å²) >= 11 is 0. The normalized spacial score (nSPS) is 12.0. The summed E-state index contributed by atoms with van der Waals surface area (Å²) in [6.45, 7) is 8.51. The number of nitrogens with zero attached hydrogens (tertiary/aromatic N) is 3. The molecule has 0 aliphatic rings. The summed E-state index contributed by atoms with van der Waals surface area (Å²) in [4.78, 5) is 12.0. The monoisotopic (exact) mass is 295 g/mol. The van der Waals surface area contributed by atoms with Crippen LogP contribution in [0.3, 0.4) is 0 Å². The van der Waals surface area contributed by atoms with E-state index in [1.165, 1.54) is 0 Å². The fourth-order valence-corrected chi connectivity index (χ4v) is 2.23. The first-order chi connectivity index (χ1) is 10.6. The van der Waals surface area contributed by atoms with Crippen LogP contribution in [0, 0.1) is 0 Å². The summed E-state index contributed by atoms with van der Waals surface area (Å²) in [6.07, 6.45) is 13.2.